The second-order valence-corrected chi connectivity index (χ2v) is 93.7. The molecular formula is C48H60HfSi. The third-order valence-electron chi connectivity index (χ3n) is 16.7. The van der Waals surface area contributed by atoms with Crippen LogP contribution in [0.3, 0.4) is 0 Å². The zero-order valence-electron chi connectivity index (χ0n) is 31.7. The minimum atomic E-state index is -5.31. The molecule has 0 saturated heterocycles. The van der Waals surface area contributed by atoms with Gasteiger partial charge in [-0.3, -0.25) is 0 Å². The Labute approximate surface area is 299 Å². The first-order chi connectivity index (χ1) is 23.8. The zero-order valence-corrected chi connectivity index (χ0v) is 36.7. The van der Waals surface area contributed by atoms with E-state index in [4.69, 9.17) is 0 Å². The maximum absolute atomic E-state index is 5.31. The topological polar surface area (TPSA) is 0 Å². The first-order valence-corrected chi connectivity index (χ1v) is 44.0. The number of hydrogen-bond acceptors (Lipinski definition) is 0. The molecule has 260 valence electrons. The molecule has 0 bridgehead atoms. The van der Waals surface area contributed by atoms with Crippen molar-refractivity contribution in [3.05, 3.63) is 130 Å². The molecule has 4 aromatic carbocycles. The summed E-state index contributed by atoms with van der Waals surface area (Å²) < 4.78 is 8.73. The third kappa shape index (κ3) is 4.49. The normalized spacial score (nSPS) is 22.8. The van der Waals surface area contributed by atoms with Gasteiger partial charge in [0.25, 0.3) is 0 Å². The molecule has 0 aliphatic heterocycles. The van der Waals surface area contributed by atoms with Gasteiger partial charge in [-0.1, -0.05) is 0 Å². The van der Waals surface area contributed by atoms with Crippen molar-refractivity contribution in [2.75, 3.05) is 0 Å². The van der Waals surface area contributed by atoms with E-state index in [0.29, 0.717) is 19.2 Å². The van der Waals surface area contributed by atoms with Crippen LogP contribution in [0.25, 0.3) is 34.4 Å². The van der Waals surface area contributed by atoms with Gasteiger partial charge in [-0.25, -0.2) is 0 Å². The van der Waals surface area contributed by atoms with E-state index in [-0.39, 0.29) is 0 Å². The summed E-state index contributed by atoms with van der Waals surface area (Å²) in [5, 5.41) is 0. The Morgan fingerprint density at radius 3 is 1.22 bits per heavy atom. The van der Waals surface area contributed by atoms with Gasteiger partial charge < -0.3 is 0 Å². The molecule has 2 saturated carbocycles. The molecule has 0 aromatic heterocycles. The fraction of sp³-hybridized carbons (Fsp3) is 0.417. The maximum atomic E-state index is 3.08. The Hall–Kier alpha value is -2.55. The van der Waals surface area contributed by atoms with Crippen molar-refractivity contribution in [2.45, 2.75) is 115 Å². The van der Waals surface area contributed by atoms with Gasteiger partial charge in [0.2, 0.25) is 0 Å². The predicted octanol–water partition coefficient (Wildman–Crippen LogP) is 14.2. The average Bonchev–Trinajstić information content (AvgIpc) is 3.95. The second kappa shape index (κ2) is 11.2. The minimum absolute atomic E-state index is 0.489. The summed E-state index contributed by atoms with van der Waals surface area (Å²) in [5.41, 5.74) is 14.7. The first kappa shape index (κ1) is 34.5. The quantitative estimate of drug-likeness (QED) is 0.155. The van der Waals surface area contributed by atoms with Gasteiger partial charge in [0, 0.05) is 0 Å². The van der Waals surface area contributed by atoms with Crippen molar-refractivity contribution in [3.63, 3.8) is 0 Å². The molecule has 0 spiro atoms. The molecule has 2 heteroatoms. The van der Waals surface area contributed by atoms with Crippen molar-refractivity contribution in [3.8, 4) is 22.3 Å². The van der Waals surface area contributed by atoms with Crippen molar-refractivity contribution in [1.29, 1.82) is 0 Å². The molecule has 0 nitrogen and oxygen atoms in total. The van der Waals surface area contributed by atoms with Crippen LogP contribution >= 0.6 is 0 Å². The SMILES string of the molecule is CC(C)c1ccc(-c2cccc3c2C=C[CH]3[Hf]([CH3])([CH3])(=[SiH2])([CH]2CCCC2)([CH]2CCCC2)[CH]2C=Cc3c(-c4ccc(C(C)C)cc4)cccc32)cc1. The fourth-order valence-electron chi connectivity index (χ4n) is 13.5. The van der Waals surface area contributed by atoms with Gasteiger partial charge >= 0.3 is 301 Å². The Bertz CT molecular complexity index is 2000. The van der Waals surface area contributed by atoms with E-state index in [1.807, 2.05) is 0 Å². The molecule has 2 fully saturated rings. The molecule has 0 radical (unpaired) electrons. The third-order valence-corrected chi connectivity index (χ3v) is 87.0. The summed E-state index contributed by atoms with van der Waals surface area (Å²) in [6.45, 7) is 11.9. The van der Waals surface area contributed by atoms with Crippen LogP contribution in [-0.4, -0.2) is 6.94 Å². The summed E-state index contributed by atoms with van der Waals surface area (Å²) in [4.78, 5) is 0. The standard InChI is InChI=1S/2C18H17.2C5H9.2CH3.Hf.H2Si/c2*1-13(2)14-9-11-16(12-10-14)18-8-4-6-15-5-3-7-17(15)18;2*1-2-4-5-3-1;;;;/h2*3-13H,1-2H3;2*1H,2-5H2;2*1H3;;1H2. The molecule has 50 heavy (non-hydrogen) atoms. The number of fused-ring (bicyclic) bond motifs is 2. The van der Waals surface area contributed by atoms with Crippen LogP contribution < -0.4 is 0 Å². The molecule has 2 atom stereocenters. The molecule has 0 N–H and O–H groups in total. The molecule has 0 amide bonds. The number of benzene rings is 4. The van der Waals surface area contributed by atoms with E-state index in [2.05, 4.69) is 153 Å². The van der Waals surface area contributed by atoms with Gasteiger partial charge in [0.05, 0.1) is 0 Å². The molecule has 8 rings (SSSR count). The zero-order chi connectivity index (χ0) is 35.0. The van der Waals surface area contributed by atoms with E-state index in [0.717, 1.165) is 7.35 Å². The molecule has 4 aliphatic carbocycles. The Morgan fingerprint density at radius 1 is 0.520 bits per heavy atom. The van der Waals surface area contributed by atoms with Gasteiger partial charge in [-0.2, -0.15) is 0 Å². The first-order valence-electron chi connectivity index (χ1n) is 20.1. The predicted molar refractivity (Wildman–Crippen MR) is 220 cm³/mol. The van der Waals surface area contributed by atoms with Crippen LogP contribution in [0.1, 0.15) is 132 Å². The number of hydrogen-bond donors (Lipinski definition) is 0. The van der Waals surface area contributed by atoms with Crippen LogP contribution in [-0.2, 0) is 14.2 Å². The number of rotatable bonds is 8. The molecular weight excluding hydrogens is 783 g/mol. The monoisotopic (exact) mass is 844 g/mol. The Morgan fingerprint density at radius 2 is 0.880 bits per heavy atom. The Balaban J connectivity index is 1.37. The summed E-state index contributed by atoms with van der Waals surface area (Å²) in [5.74, 6) is 1.09. The average molecular weight is 844 g/mol. The van der Waals surface area contributed by atoms with Gasteiger partial charge in [-0.15, -0.1) is 0 Å². The van der Waals surface area contributed by atoms with E-state index in [9.17, 15) is 0 Å². The molecule has 2 unspecified atom stereocenters. The van der Waals surface area contributed by atoms with E-state index in [1.54, 1.807) is 11.1 Å². The van der Waals surface area contributed by atoms with Crippen molar-refractivity contribution >= 4 is 19.1 Å². The van der Waals surface area contributed by atoms with Crippen molar-refractivity contribution in [1.82, 2.24) is 0 Å². The van der Waals surface area contributed by atoms with Crippen LogP contribution in [0.2, 0.25) is 16.7 Å². The molecule has 4 aliphatic rings. The summed E-state index contributed by atoms with van der Waals surface area (Å²) >= 11 is -5.31. The molecule has 0 heterocycles. The molecule has 4 aromatic rings. The van der Waals surface area contributed by atoms with Gasteiger partial charge in [0.15, 0.2) is 0 Å². The summed E-state index contributed by atoms with van der Waals surface area (Å²) in [6, 6.07) is 33.7. The van der Waals surface area contributed by atoms with Crippen molar-refractivity contribution < 1.29 is 14.2 Å². The van der Waals surface area contributed by atoms with Crippen LogP contribution in [0.5, 0.6) is 0 Å². The van der Waals surface area contributed by atoms with Crippen molar-refractivity contribution in [2.24, 2.45) is 0 Å². The van der Waals surface area contributed by atoms with E-state index >= 15 is 0 Å². The van der Waals surface area contributed by atoms with Crippen LogP contribution in [0.4, 0.5) is 0 Å². The van der Waals surface area contributed by atoms with Crippen LogP contribution in [0.15, 0.2) is 97.1 Å². The second-order valence-electron chi connectivity index (χ2n) is 20.1. The summed E-state index contributed by atoms with van der Waals surface area (Å²) in [7, 11) is 0. The van der Waals surface area contributed by atoms with Crippen LogP contribution in [0, 0.1) is 0 Å². The van der Waals surface area contributed by atoms with Gasteiger partial charge in [-0.05, 0) is 0 Å². The van der Waals surface area contributed by atoms with E-state index < -0.39 is 14.2 Å². The number of allylic oxidation sites excluding steroid dienone is 2. The fourth-order valence-corrected chi connectivity index (χ4v) is 77.0. The Kier molecular flexibility index (Phi) is 7.75. The summed E-state index contributed by atoms with van der Waals surface area (Å²) in [6.07, 6.45) is 22.0. The van der Waals surface area contributed by atoms with E-state index in [1.165, 1.54) is 95.9 Å². The van der Waals surface area contributed by atoms with Gasteiger partial charge in [0.1, 0.15) is 0 Å².